The highest BCUT2D eigenvalue weighted by atomic mass is 19.4. The summed E-state index contributed by atoms with van der Waals surface area (Å²) in [6.45, 7) is 3.89. The Morgan fingerprint density at radius 1 is 1.09 bits per heavy atom. The minimum Gasteiger partial charge on any atom is -0.326 e. The van der Waals surface area contributed by atoms with Crippen molar-refractivity contribution in [3.8, 4) is 0 Å². The number of hydrogen-bond acceptors (Lipinski definition) is 1. The number of fused-ring (bicyclic) bond motifs is 1. The summed E-state index contributed by atoms with van der Waals surface area (Å²) >= 11 is 0. The van der Waals surface area contributed by atoms with Crippen molar-refractivity contribution in [2.45, 2.75) is 32.4 Å². The van der Waals surface area contributed by atoms with Crippen LogP contribution in [0.5, 0.6) is 0 Å². The molecule has 0 aliphatic carbocycles. The zero-order valence-corrected chi connectivity index (χ0v) is 12.8. The predicted molar refractivity (Wildman–Crippen MR) is 82.4 cm³/mol. The molecule has 5 heteroatoms. The fourth-order valence-corrected chi connectivity index (χ4v) is 2.96. The quantitative estimate of drug-likeness (QED) is 0.804. The van der Waals surface area contributed by atoms with Crippen LogP contribution in [-0.2, 0) is 11.0 Å². The van der Waals surface area contributed by atoms with Crippen LogP contribution in [0.15, 0.2) is 36.4 Å². The highest BCUT2D eigenvalue weighted by molar-refractivity contribution is 5.95. The Hall–Kier alpha value is -2.30. The van der Waals surface area contributed by atoms with Crippen LogP contribution in [0, 0.1) is 13.8 Å². The van der Waals surface area contributed by atoms with Crippen molar-refractivity contribution >= 4 is 11.6 Å². The summed E-state index contributed by atoms with van der Waals surface area (Å²) in [6.07, 6.45) is -4.24. The summed E-state index contributed by atoms with van der Waals surface area (Å²) in [7, 11) is 0. The number of amides is 1. The van der Waals surface area contributed by atoms with Crippen molar-refractivity contribution in [2.24, 2.45) is 0 Å². The van der Waals surface area contributed by atoms with E-state index in [4.69, 9.17) is 0 Å². The first kappa shape index (κ1) is 15.6. The van der Waals surface area contributed by atoms with Crippen molar-refractivity contribution in [2.75, 3.05) is 5.32 Å². The van der Waals surface area contributed by atoms with E-state index in [2.05, 4.69) is 5.32 Å². The van der Waals surface area contributed by atoms with Crippen molar-refractivity contribution < 1.29 is 18.0 Å². The number of carbonyl (C=O) groups excluding carboxylic acids is 1. The van der Waals surface area contributed by atoms with E-state index in [0.717, 1.165) is 28.8 Å². The topological polar surface area (TPSA) is 29.1 Å². The summed E-state index contributed by atoms with van der Waals surface area (Å²) in [4.78, 5) is 12.0. The van der Waals surface area contributed by atoms with Gasteiger partial charge in [0.1, 0.15) is 0 Å². The Bertz CT molecular complexity index is 780. The molecule has 23 heavy (non-hydrogen) atoms. The Morgan fingerprint density at radius 3 is 2.48 bits per heavy atom. The van der Waals surface area contributed by atoms with Crippen LogP contribution < -0.4 is 5.32 Å². The molecule has 1 aliphatic rings. The largest absolute Gasteiger partial charge is 0.416 e. The number of rotatable bonds is 1. The highest BCUT2D eigenvalue weighted by Crippen LogP contribution is 2.40. The second-order valence-electron chi connectivity index (χ2n) is 5.95. The smallest absolute Gasteiger partial charge is 0.326 e. The monoisotopic (exact) mass is 319 g/mol. The van der Waals surface area contributed by atoms with Crippen molar-refractivity contribution in [1.29, 1.82) is 0 Å². The average molecular weight is 319 g/mol. The maximum absolute atomic E-state index is 12.9. The van der Waals surface area contributed by atoms with Gasteiger partial charge in [-0.15, -0.1) is 0 Å². The Labute approximate surface area is 132 Å². The molecule has 1 amide bonds. The van der Waals surface area contributed by atoms with Gasteiger partial charge in [-0.3, -0.25) is 4.79 Å². The van der Waals surface area contributed by atoms with E-state index < -0.39 is 11.7 Å². The average Bonchev–Trinajstić information content (AvgIpc) is 2.47. The molecule has 1 aliphatic heterocycles. The number of hydrogen-bond donors (Lipinski definition) is 1. The Balaban J connectivity index is 2.11. The van der Waals surface area contributed by atoms with Gasteiger partial charge in [-0.25, -0.2) is 0 Å². The van der Waals surface area contributed by atoms with Crippen LogP contribution in [0.1, 0.15) is 40.2 Å². The van der Waals surface area contributed by atoms with Crippen LogP contribution in [0.25, 0.3) is 0 Å². The second-order valence-corrected chi connectivity index (χ2v) is 5.95. The summed E-state index contributed by atoms with van der Waals surface area (Å²) in [5.74, 6) is -0.538. The van der Waals surface area contributed by atoms with Crippen LogP contribution in [0.3, 0.4) is 0 Å². The highest BCUT2D eigenvalue weighted by Gasteiger charge is 2.32. The molecule has 0 aromatic heterocycles. The fourth-order valence-electron chi connectivity index (χ4n) is 2.96. The molecule has 1 unspecified atom stereocenters. The van der Waals surface area contributed by atoms with E-state index in [1.54, 1.807) is 6.07 Å². The summed E-state index contributed by atoms with van der Waals surface area (Å²) in [5.41, 5.74) is 3.47. The number of benzene rings is 2. The fraction of sp³-hybridized carbons (Fsp3) is 0.278. The molecule has 3 rings (SSSR count). The molecule has 0 bridgehead atoms. The number of alkyl halides is 3. The lowest BCUT2D eigenvalue weighted by Crippen LogP contribution is -2.24. The van der Waals surface area contributed by atoms with Gasteiger partial charge in [-0.1, -0.05) is 24.3 Å². The third kappa shape index (κ3) is 2.96. The normalized spacial score (nSPS) is 17.6. The van der Waals surface area contributed by atoms with Crippen LogP contribution >= 0.6 is 0 Å². The molecule has 2 aromatic carbocycles. The van der Waals surface area contributed by atoms with E-state index in [-0.39, 0.29) is 18.2 Å². The molecule has 0 spiro atoms. The molecule has 0 saturated carbocycles. The van der Waals surface area contributed by atoms with Gasteiger partial charge < -0.3 is 5.32 Å². The SMILES string of the molecule is Cc1cc2c(cc1C)C(c1cccc(C(F)(F)F)c1)CC(=O)N2. The number of nitrogens with one attached hydrogen (secondary N) is 1. The van der Waals surface area contributed by atoms with Gasteiger partial charge in [0.05, 0.1) is 5.56 Å². The molecule has 1 N–H and O–H groups in total. The maximum Gasteiger partial charge on any atom is 0.416 e. The molecule has 120 valence electrons. The summed E-state index contributed by atoms with van der Waals surface area (Å²) in [6, 6.07) is 9.07. The standard InChI is InChI=1S/C18H16F3NO/c1-10-6-15-14(9-17(23)22-16(15)7-11(10)2)12-4-3-5-13(8-12)18(19,20)21/h3-8,14H,9H2,1-2H3,(H,22,23). The molecule has 0 radical (unpaired) electrons. The van der Waals surface area contributed by atoms with Gasteiger partial charge >= 0.3 is 6.18 Å². The molecule has 2 nitrogen and oxygen atoms in total. The van der Waals surface area contributed by atoms with E-state index in [0.29, 0.717) is 11.3 Å². The zero-order chi connectivity index (χ0) is 16.8. The van der Waals surface area contributed by atoms with Crippen molar-refractivity contribution in [1.82, 2.24) is 0 Å². The first-order valence-electron chi connectivity index (χ1n) is 7.34. The predicted octanol–water partition coefficient (Wildman–Crippen LogP) is 4.80. The van der Waals surface area contributed by atoms with Crippen LogP contribution in [0.4, 0.5) is 18.9 Å². The first-order valence-corrected chi connectivity index (χ1v) is 7.34. The van der Waals surface area contributed by atoms with Crippen LogP contribution in [0.2, 0.25) is 0 Å². The third-order valence-corrected chi connectivity index (χ3v) is 4.32. The Morgan fingerprint density at radius 2 is 1.78 bits per heavy atom. The molecular formula is C18H16F3NO. The number of halogens is 3. The second kappa shape index (κ2) is 5.41. The van der Waals surface area contributed by atoms with Crippen LogP contribution in [-0.4, -0.2) is 5.91 Å². The lowest BCUT2D eigenvalue weighted by Gasteiger charge is -2.27. The van der Waals surface area contributed by atoms with Gasteiger partial charge in [0.2, 0.25) is 5.91 Å². The van der Waals surface area contributed by atoms with Gasteiger partial charge in [-0.2, -0.15) is 13.2 Å². The minimum atomic E-state index is -4.39. The molecular weight excluding hydrogens is 303 g/mol. The maximum atomic E-state index is 12.9. The lowest BCUT2D eigenvalue weighted by molar-refractivity contribution is -0.137. The lowest BCUT2D eigenvalue weighted by atomic mass is 9.83. The molecule has 1 heterocycles. The van der Waals surface area contributed by atoms with E-state index >= 15 is 0 Å². The van der Waals surface area contributed by atoms with Gasteiger partial charge in [-0.05, 0) is 48.2 Å². The van der Waals surface area contributed by atoms with E-state index in [9.17, 15) is 18.0 Å². The summed E-state index contributed by atoms with van der Waals surface area (Å²) < 4.78 is 38.8. The molecule has 2 aromatic rings. The number of carbonyl (C=O) groups is 1. The number of aryl methyl sites for hydroxylation is 2. The number of anilines is 1. The van der Waals surface area contributed by atoms with E-state index in [1.807, 2.05) is 26.0 Å². The minimum absolute atomic E-state index is 0.150. The van der Waals surface area contributed by atoms with Gasteiger partial charge in [0, 0.05) is 18.0 Å². The third-order valence-electron chi connectivity index (χ3n) is 4.32. The summed E-state index contributed by atoms with van der Waals surface area (Å²) in [5, 5.41) is 2.81. The zero-order valence-electron chi connectivity index (χ0n) is 12.8. The van der Waals surface area contributed by atoms with Gasteiger partial charge in [0.15, 0.2) is 0 Å². The van der Waals surface area contributed by atoms with Gasteiger partial charge in [0.25, 0.3) is 0 Å². The van der Waals surface area contributed by atoms with E-state index in [1.165, 1.54) is 6.07 Å². The molecule has 0 fully saturated rings. The Kier molecular flexibility index (Phi) is 3.66. The van der Waals surface area contributed by atoms with Crippen molar-refractivity contribution in [3.05, 3.63) is 64.2 Å². The molecule has 0 saturated heterocycles. The molecule has 1 atom stereocenters. The van der Waals surface area contributed by atoms with Crippen molar-refractivity contribution in [3.63, 3.8) is 0 Å². The first-order chi connectivity index (χ1) is 10.8.